The van der Waals surface area contributed by atoms with Crippen LogP contribution in [0.25, 0.3) is 0 Å². The molecule has 0 radical (unpaired) electrons. The zero-order chi connectivity index (χ0) is 12.1. The van der Waals surface area contributed by atoms with Crippen molar-refractivity contribution < 1.29 is 9.18 Å². The Bertz CT molecular complexity index is 454. The van der Waals surface area contributed by atoms with Gasteiger partial charge in [-0.2, -0.15) is 0 Å². The predicted octanol–water partition coefficient (Wildman–Crippen LogP) is 3.41. The van der Waals surface area contributed by atoms with Crippen molar-refractivity contribution in [2.45, 2.75) is 6.92 Å². The van der Waals surface area contributed by atoms with E-state index in [0.29, 0.717) is 4.47 Å². The average molecular weight is 284 g/mol. The van der Waals surface area contributed by atoms with Crippen LogP contribution < -0.4 is 5.32 Å². The zero-order valence-corrected chi connectivity index (χ0v) is 10.3. The molecular weight excluding hydrogens is 273 g/mol. The Morgan fingerprint density at radius 3 is 2.88 bits per heavy atom. The first-order chi connectivity index (χ1) is 7.56. The van der Waals surface area contributed by atoms with Crippen molar-refractivity contribution >= 4 is 21.7 Å². The predicted molar refractivity (Wildman–Crippen MR) is 65.5 cm³/mol. The zero-order valence-electron chi connectivity index (χ0n) is 8.76. The molecule has 0 heterocycles. The molecule has 0 saturated carbocycles. The van der Waals surface area contributed by atoms with E-state index >= 15 is 0 Å². The molecule has 0 spiro atoms. The maximum Gasteiger partial charge on any atom is 0.211 e. The third-order valence-corrected chi connectivity index (χ3v) is 2.36. The van der Waals surface area contributed by atoms with Gasteiger partial charge >= 0.3 is 0 Å². The molecule has 0 amide bonds. The van der Waals surface area contributed by atoms with E-state index in [2.05, 4.69) is 27.8 Å². The van der Waals surface area contributed by atoms with Crippen LogP contribution in [0.4, 0.5) is 4.39 Å². The lowest BCUT2D eigenvalue weighted by molar-refractivity contribution is 0.102. The van der Waals surface area contributed by atoms with Gasteiger partial charge in [-0.1, -0.05) is 28.6 Å². The van der Waals surface area contributed by atoms with Gasteiger partial charge in [0.2, 0.25) is 5.78 Å². The van der Waals surface area contributed by atoms with Gasteiger partial charge in [0.15, 0.2) is 0 Å². The molecule has 0 atom stereocenters. The van der Waals surface area contributed by atoms with Crippen LogP contribution in [-0.2, 0) is 0 Å². The summed E-state index contributed by atoms with van der Waals surface area (Å²) in [5.74, 6) is -1.02. The van der Waals surface area contributed by atoms with Crippen molar-refractivity contribution in [1.29, 1.82) is 0 Å². The van der Waals surface area contributed by atoms with Crippen molar-refractivity contribution in [3.8, 4) is 0 Å². The summed E-state index contributed by atoms with van der Waals surface area (Å²) in [7, 11) is 0. The minimum Gasteiger partial charge on any atom is -0.359 e. The molecule has 0 fully saturated rings. The van der Waals surface area contributed by atoms with Crippen molar-refractivity contribution in [2.75, 3.05) is 0 Å². The highest BCUT2D eigenvalue weighted by atomic mass is 79.9. The summed E-state index contributed by atoms with van der Waals surface area (Å²) in [4.78, 5) is 11.8. The van der Waals surface area contributed by atoms with E-state index in [1.165, 1.54) is 18.2 Å². The Labute approximate surface area is 102 Å². The van der Waals surface area contributed by atoms with Crippen molar-refractivity contribution in [1.82, 2.24) is 5.32 Å². The van der Waals surface area contributed by atoms with Crippen LogP contribution >= 0.6 is 15.9 Å². The Kier molecular flexibility index (Phi) is 4.43. The third kappa shape index (κ3) is 3.03. The maximum atomic E-state index is 13.4. The van der Waals surface area contributed by atoms with E-state index < -0.39 is 11.6 Å². The summed E-state index contributed by atoms with van der Waals surface area (Å²) in [6, 6.07) is 4.20. The van der Waals surface area contributed by atoms with Gasteiger partial charge < -0.3 is 5.32 Å². The number of benzene rings is 1. The van der Waals surface area contributed by atoms with E-state index in [4.69, 9.17) is 0 Å². The standard InChI is InChI=1S/C12H11BrFNO/c1-3-6-15-8(2)12(16)10-7-9(13)4-5-11(10)14/h3-7,15H,2H2,1H3/b6-3-. The van der Waals surface area contributed by atoms with E-state index in [-0.39, 0.29) is 11.3 Å². The molecule has 2 nitrogen and oxygen atoms in total. The number of hydrogen-bond acceptors (Lipinski definition) is 2. The Morgan fingerprint density at radius 1 is 1.56 bits per heavy atom. The summed E-state index contributed by atoms with van der Waals surface area (Å²) in [5.41, 5.74) is 0.131. The summed E-state index contributed by atoms with van der Waals surface area (Å²) in [6.45, 7) is 5.34. The molecule has 0 aromatic heterocycles. The van der Waals surface area contributed by atoms with Crippen LogP contribution in [0.15, 0.2) is 47.2 Å². The normalized spacial score (nSPS) is 10.4. The number of hydrogen-bond donors (Lipinski definition) is 1. The highest BCUT2D eigenvalue weighted by Gasteiger charge is 2.14. The SMILES string of the molecule is C=C(N/C=C\C)C(=O)c1cc(Br)ccc1F. The molecule has 0 aliphatic rings. The monoisotopic (exact) mass is 283 g/mol. The van der Waals surface area contributed by atoms with Crippen molar-refractivity contribution in [3.05, 3.63) is 58.6 Å². The summed E-state index contributed by atoms with van der Waals surface area (Å²) >= 11 is 3.18. The van der Waals surface area contributed by atoms with Gasteiger partial charge in [-0.3, -0.25) is 4.79 Å². The number of halogens is 2. The fraction of sp³-hybridized carbons (Fsp3) is 0.0833. The van der Waals surface area contributed by atoms with Crippen LogP contribution in [0.1, 0.15) is 17.3 Å². The average Bonchev–Trinajstić information content (AvgIpc) is 2.28. The molecule has 1 rings (SSSR count). The van der Waals surface area contributed by atoms with Gasteiger partial charge in [0.1, 0.15) is 5.82 Å². The number of carbonyl (C=O) groups is 1. The van der Waals surface area contributed by atoms with Crippen LogP contribution in [0.2, 0.25) is 0 Å². The molecule has 0 aliphatic carbocycles. The van der Waals surface area contributed by atoms with E-state index in [1.54, 1.807) is 19.2 Å². The second-order valence-electron chi connectivity index (χ2n) is 3.08. The molecule has 4 heteroatoms. The van der Waals surface area contributed by atoms with Crippen LogP contribution in [-0.4, -0.2) is 5.78 Å². The quantitative estimate of drug-likeness (QED) is 0.678. The van der Waals surface area contributed by atoms with Gasteiger partial charge in [0, 0.05) is 4.47 Å². The molecule has 16 heavy (non-hydrogen) atoms. The van der Waals surface area contributed by atoms with Gasteiger partial charge in [-0.15, -0.1) is 0 Å². The Morgan fingerprint density at radius 2 is 2.25 bits per heavy atom. The summed E-state index contributed by atoms with van der Waals surface area (Å²) in [6.07, 6.45) is 3.28. The minimum atomic E-state index is -0.559. The fourth-order valence-corrected chi connectivity index (χ4v) is 1.44. The highest BCUT2D eigenvalue weighted by molar-refractivity contribution is 9.10. The fourth-order valence-electron chi connectivity index (χ4n) is 1.08. The number of Topliss-reactive ketones (excluding diaryl/α,β-unsaturated/α-hetero) is 1. The lowest BCUT2D eigenvalue weighted by Gasteiger charge is -2.05. The summed E-state index contributed by atoms with van der Waals surface area (Å²) < 4.78 is 14.0. The van der Waals surface area contributed by atoms with Crippen LogP contribution in [0.3, 0.4) is 0 Å². The van der Waals surface area contributed by atoms with Gasteiger partial charge in [0.05, 0.1) is 11.3 Å². The molecule has 0 unspecified atom stereocenters. The first-order valence-corrected chi connectivity index (χ1v) is 5.42. The molecule has 1 N–H and O–H groups in total. The van der Waals surface area contributed by atoms with Gasteiger partial charge in [-0.05, 0) is 31.3 Å². The molecule has 0 aliphatic heterocycles. The number of nitrogens with one attached hydrogen (secondary N) is 1. The molecule has 1 aromatic rings. The molecule has 84 valence electrons. The number of rotatable bonds is 4. The molecule has 0 saturated heterocycles. The number of carbonyl (C=O) groups excluding carboxylic acids is 1. The molecule has 0 bridgehead atoms. The first-order valence-electron chi connectivity index (χ1n) is 4.62. The van der Waals surface area contributed by atoms with Crippen LogP contribution in [0, 0.1) is 5.82 Å². The lowest BCUT2D eigenvalue weighted by atomic mass is 10.1. The first kappa shape index (κ1) is 12.6. The topological polar surface area (TPSA) is 29.1 Å². The molecule has 1 aromatic carbocycles. The third-order valence-electron chi connectivity index (χ3n) is 1.87. The van der Waals surface area contributed by atoms with Gasteiger partial charge in [-0.25, -0.2) is 4.39 Å². The van der Waals surface area contributed by atoms with Gasteiger partial charge in [0.25, 0.3) is 0 Å². The molecular formula is C12H11BrFNO. The second kappa shape index (κ2) is 5.61. The second-order valence-corrected chi connectivity index (χ2v) is 3.99. The van der Waals surface area contributed by atoms with E-state index in [9.17, 15) is 9.18 Å². The number of ketones is 1. The van der Waals surface area contributed by atoms with Crippen molar-refractivity contribution in [3.63, 3.8) is 0 Å². The summed E-state index contributed by atoms with van der Waals surface area (Å²) in [5, 5.41) is 2.67. The van der Waals surface area contributed by atoms with E-state index in [1.807, 2.05) is 0 Å². The minimum absolute atomic E-state index is 0.00335. The lowest BCUT2D eigenvalue weighted by Crippen LogP contribution is -2.15. The van der Waals surface area contributed by atoms with Crippen molar-refractivity contribution in [2.24, 2.45) is 0 Å². The largest absolute Gasteiger partial charge is 0.359 e. The smallest absolute Gasteiger partial charge is 0.211 e. The highest BCUT2D eigenvalue weighted by Crippen LogP contribution is 2.17. The van der Waals surface area contributed by atoms with E-state index in [0.717, 1.165) is 0 Å². The number of allylic oxidation sites excluding steroid dienone is 2. The Balaban J connectivity index is 2.96. The maximum absolute atomic E-state index is 13.4. The van der Waals surface area contributed by atoms with Crippen LogP contribution in [0.5, 0.6) is 0 Å². The Hall–Kier alpha value is -1.42.